The zero-order valence-corrected chi connectivity index (χ0v) is 12.1. The molecule has 20 heavy (non-hydrogen) atoms. The van der Waals surface area contributed by atoms with Gasteiger partial charge in [-0.2, -0.15) is 0 Å². The van der Waals surface area contributed by atoms with Crippen LogP contribution in [-0.2, 0) is 4.74 Å². The molecule has 1 atom stereocenters. The van der Waals surface area contributed by atoms with Crippen LogP contribution in [0.25, 0.3) is 0 Å². The van der Waals surface area contributed by atoms with Crippen molar-refractivity contribution in [3.63, 3.8) is 0 Å². The number of rotatable bonds is 9. The van der Waals surface area contributed by atoms with Crippen LogP contribution in [0, 0.1) is 0 Å². The van der Waals surface area contributed by atoms with Crippen molar-refractivity contribution in [3.8, 4) is 5.75 Å². The second-order valence-electron chi connectivity index (χ2n) is 4.34. The van der Waals surface area contributed by atoms with E-state index in [2.05, 4.69) is 6.92 Å². The predicted octanol–water partition coefficient (Wildman–Crippen LogP) is 2.59. The molecule has 0 saturated carbocycles. The molecular weight excluding hydrogens is 284 g/mol. The average Bonchev–Trinajstić information content (AvgIpc) is 2.42. The molecule has 0 saturated heterocycles. The van der Waals surface area contributed by atoms with E-state index in [0.29, 0.717) is 12.4 Å². The number of aliphatic hydroxyl groups excluding tert-OH is 1. The summed E-state index contributed by atoms with van der Waals surface area (Å²) in [5.41, 5.74) is -0.0298. The van der Waals surface area contributed by atoms with Gasteiger partial charge in [-0.15, -0.1) is 0 Å². The molecule has 1 aromatic rings. The molecule has 5 nitrogen and oxygen atoms in total. The van der Waals surface area contributed by atoms with Crippen molar-refractivity contribution in [2.24, 2.45) is 0 Å². The molecule has 1 unspecified atom stereocenters. The average molecular weight is 303 g/mol. The van der Waals surface area contributed by atoms with Gasteiger partial charge in [-0.1, -0.05) is 24.9 Å². The maximum atomic E-state index is 10.9. The Morgan fingerprint density at radius 3 is 2.80 bits per heavy atom. The molecule has 0 aliphatic rings. The van der Waals surface area contributed by atoms with Crippen LogP contribution in [0.3, 0.4) is 0 Å². The smallest absolute Gasteiger partial charge is 0.337 e. The number of carboxylic acids is 1. The lowest BCUT2D eigenvalue weighted by Gasteiger charge is -2.13. The topological polar surface area (TPSA) is 76.0 Å². The van der Waals surface area contributed by atoms with Crippen LogP contribution in [0.5, 0.6) is 5.75 Å². The SMILES string of the molecule is CCCCOCC(O)COc1ccc(Cl)c(C(=O)O)c1. The highest BCUT2D eigenvalue weighted by atomic mass is 35.5. The third-order valence-corrected chi connectivity index (χ3v) is 2.89. The Balaban J connectivity index is 2.41. The largest absolute Gasteiger partial charge is 0.491 e. The number of hydrogen-bond acceptors (Lipinski definition) is 4. The summed E-state index contributed by atoms with van der Waals surface area (Å²) in [6, 6.07) is 4.33. The number of carboxylic acid groups (broad SMARTS) is 1. The number of aromatic carboxylic acids is 1. The van der Waals surface area contributed by atoms with Gasteiger partial charge >= 0.3 is 5.97 Å². The van der Waals surface area contributed by atoms with E-state index in [1.165, 1.54) is 12.1 Å². The Hall–Kier alpha value is -1.30. The molecule has 0 aliphatic carbocycles. The molecule has 0 aliphatic heterocycles. The van der Waals surface area contributed by atoms with Gasteiger partial charge in [0, 0.05) is 6.61 Å². The van der Waals surface area contributed by atoms with Gasteiger partial charge in [0.2, 0.25) is 0 Å². The first-order valence-electron chi connectivity index (χ1n) is 6.46. The molecule has 0 heterocycles. The molecule has 6 heteroatoms. The number of halogens is 1. The molecule has 0 bridgehead atoms. The molecule has 0 amide bonds. The lowest BCUT2D eigenvalue weighted by Crippen LogP contribution is -2.23. The van der Waals surface area contributed by atoms with Crippen LogP contribution < -0.4 is 4.74 Å². The number of ether oxygens (including phenoxy) is 2. The Bertz CT molecular complexity index is 436. The van der Waals surface area contributed by atoms with Gasteiger partial charge in [-0.3, -0.25) is 0 Å². The standard InChI is InChI=1S/C14H19ClO5/c1-2-3-6-19-8-10(16)9-20-11-4-5-13(15)12(7-11)14(17)18/h4-5,7,10,16H,2-3,6,8-9H2,1H3,(H,17,18). The van der Waals surface area contributed by atoms with Crippen molar-refractivity contribution in [3.05, 3.63) is 28.8 Å². The predicted molar refractivity (Wildman–Crippen MR) is 75.6 cm³/mol. The van der Waals surface area contributed by atoms with E-state index in [0.717, 1.165) is 12.8 Å². The minimum atomic E-state index is -1.12. The maximum Gasteiger partial charge on any atom is 0.337 e. The summed E-state index contributed by atoms with van der Waals surface area (Å²) in [4.78, 5) is 10.9. The summed E-state index contributed by atoms with van der Waals surface area (Å²) >= 11 is 5.75. The lowest BCUT2D eigenvalue weighted by atomic mass is 10.2. The zero-order valence-electron chi connectivity index (χ0n) is 11.3. The van der Waals surface area contributed by atoms with Gasteiger partial charge in [-0.25, -0.2) is 4.79 Å². The van der Waals surface area contributed by atoms with E-state index in [-0.39, 0.29) is 23.8 Å². The molecule has 1 aromatic carbocycles. The third-order valence-electron chi connectivity index (χ3n) is 2.56. The van der Waals surface area contributed by atoms with Crippen molar-refractivity contribution >= 4 is 17.6 Å². The Labute approximate surface area is 123 Å². The van der Waals surface area contributed by atoms with Crippen molar-refractivity contribution in [2.75, 3.05) is 19.8 Å². The summed E-state index contributed by atoms with van der Waals surface area (Å²) < 4.78 is 10.6. The van der Waals surface area contributed by atoms with Crippen molar-refractivity contribution in [1.29, 1.82) is 0 Å². The summed E-state index contributed by atoms with van der Waals surface area (Å²) in [5.74, 6) is -0.775. The number of hydrogen-bond donors (Lipinski definition) is 2. The molecule has 0 radical (unpaired) electrons. The fourth-order valence-electron chi connectivity index (χ4n) is 1.46. The van der Waals surface area contributed by atoms with E-state index in [1.54, 1.807) is 6.07 Å². The zero-order chi connectivity index (χ0) is 15.0. The highest BCUT2D eigenvalue weighted by Gasteiger charge is 2.11. The van der Waals surface area contributed by atoms with Crippen LogP contribution in [-0.4, -0.2) is 42.1 Å². The van der Waals surface area contributed by atoms with Crippen molar-refractivity contribution in [2.45, 2.75) is 25.9 Å². The fourth-order valence-corrected chi connectivity index (χ4v) is 1.66. The van der Waals surface area contributed by atoms with Crippen LogP contribution in [0.1, 0.15) is 30.1 Å². The highest BCUT2D eigenvalue weighted by molar-refractivity contribution is 6.33. The second kappa shape index (κ2) is 8.79. The normalized spacial score (nSPS) is 12.2. The van der Waals surface area contributed by atoms with E-state index < -0.39 is 12.1 Å². The van der Waals surface area contributed by atoms with Gasteiger partial charge in [0.05, 0.1) is 17.2 Å². The van der Waals surface area contributed by atoms with Crippen molar-refractivity contribution < 1.29 is 24.5 Å². The van der Waals surface area contributed by atoms with E-state index in [9.17, 15) is 9.90 Å². The molecule has 0 fully saturated rings. The van der Waals surface area contributed by atoms with Gasteiger partial charge in [0.1, 0.15) is 18.5 Å². The molecule has 2 N–H and O–H groups in total. The van der Waals surface area contributed by atoms with Gasteiger partial charge in [-0.05, 0) is 24.6 Å². The summed E-state index contributed by atoms with van der Waals surface area (Å²) in [7, 11) is 0. The summed E-state index contributed by atoms with van der Waals surface area (Å²) in [5, 5.41) is 18.7. The summed E-state index contributed by atoms with van der Waals surface area (Å²) in [6.45, 7) is 2.90. The highest BCUT2D eigenvalue weighted by Crippen LogP contribution is 2.22. The molecule has 0 aromatic heterocycles. The van der Waals surface area contributed by atoms with E-state index >= 15 is 0 Å². The van der Waals surface area contributed by atoms with Crippen molar-refractivity contribution in [1.82, 2.24) is 0 Å². The fraction of sp³-hybridized carbons (Fsp3) is 0.500. The molecular formula is C14H19ClO5. The Morgan fingerprint density at radius 2 is 2.15 bits per heavy atom. The molecule has 112 valence electrons. The number of carbonyl (C=O) groups is 1. The monoisotopic (exact) mass is 302 g/mol. The minimum absolute atomic E-state index is 0.0298. The maximum absolute atomic E-state index is 10.9. The second-order valence-corrected chi connectivity index (χ2v) is 4.75. The Kier molecular flexibility index (Phi) is 7.36. The van der Waals surface area contributed by atoms with Crippen LogP contribution >= 0.6 is 11.6 Å². The first-order chi connectivity index (χ1) is 9.54. The molecule has 0 spiro atoms. The summed E-state index contributed by atoms with van der Waals surface area (Å²) in [6.07, 6.45) is 1.23. The minimum Gasteiger partial charge on any atom is -0.491 e. The number of unbranched alkanes of at least 4 members (excludes halogenated alkanes) is 1. The lowest BCUT2D eigenvalue weighted by molar-refractivity contribution is 0.0113. The third kappa shape index (κ3) is 5.77. The van der Waals surface area contributed by atoms with E-state index in [1.807, 2.05) is 0 Å². The van der Waals surface area contributed by atoms with Gasteiger partial charge < -0.3 is 19.7 Å². The van der Waals surface area contributed by atoms with E-state index in [4.69, 9.17) is 26.2 Å². The quantitative estimate of drug-likeness (QED) is 0.686. The number of aliphatic hydroxyl groups is 1. The first-order valence-corrected chi connectivity index (χ1v) is 6.83. The molecule has 1 rings (SSSR count). The number of benzene rings is 1. The van der Waals surface area contributed by atoms with Crippen LogP contribution in [0.15, 0.2) is 18.2 Å². The van der Waals surface area contributed by atoms with Crippen LogP contribution in [0.2, 0.25) is 5.02 Å². The van der Waals surface area contributed by atoms with Crippen LogP contribution in [0.4, 0.5) is 0 Å². The Morgan fingerprint density at radius 1 is 1.40 bits per heavy atom. The van der Waals surface area contributed by atoms with Gasteiger partial charge in [0.15, 0.2) is 0 Å². The van der Waals surface area contributed by atoms with Gasteiger partial charge in [0.25, 0.3) is 0 Å². The first kappa shape index (κ1) is 16.8.